The second-order valence-electron chi connectivity index (χ2n) is 6.27. The topological polar surface area (TPSA) is 34.1 Å². The third-order valence-electron chi connectivity index (χ3n) is 4.49. The van der Waals surface area contributed by atoms with Crippen molar-refractivity contribution in [1.29, 1.82) is 0 Å². The van der Waals surface area contributed by atoms with Crippen molar-refractivity contribution in [2.45, 2.75) is 45.4 Å². The van der Waals surface area contributed by atoms with Crippen LogP contribution in [0.25, 0.3) is 5.57 Å². The summed E-state index contributed by atoms with van der Waals surface area (Å²) < 4.78 is 0. The second kappa shape index (κ2) is 3.89. The Labute approximate surface area is 113 Å². The predicted octanol–water partition coefficient (Wildman–Crippen LogP) is 3.47. The van der Waals surface area contributed by atoms with Gasteiger partial charge in [-0.1, -0.05) is 26.0 Å². The third kappa shape index (κ3) is 1.70. The Balaban J connectivity index is 2.32. The first-order valence-corrected chi connectivity index (χ1v) is 6.85. The van der Waals surface area contributed by atoms with E-state index >= 15 is 0 Å². The van der Waals surface area contributed by atoms with Crippen molar-refractivity contribution in [3.63, 3.8) is 0 Å². The van der Waals surface area contributed by atoms with E-state index in [1.54, 1.807) is 0 Å². The van der Waals surface area contributed by atoms with E-state index < -0.39 is 0 Å². The molecule has 0 spiro atoms. The van der Waals surface area contributed by atoms with Crippen molar-refractivity contribution >= 4 is 17.1 Å². The molecule has 2 aliphatic carbocycles. The van der Waals surface area contributed by atoms with Gasteiger partial charge in [-0.15, -0.1) is 0 Å². The molecule has 0 unspecified atom stereocenters. The van der Waals surface area contributed by atoms with Crippen LogP contribution in [0.1, 0.15) is 60.7 Å². The number of Topliss-reactive ketones (excluding diaryl/α,β-unsaturated/α-hetero) is 1. The van der Waals surface area contributed by atoms with Crippen molar-refractivity contribution < 1.29 is 9.59 Å². The molecule has 0 amide bonds. The summed E-state index contributed by atoms with van der Waals surface area (Å²) in [5.41, 5.74) is 4.98. The molecule has 0 aromatic heterocycles. The molecule has 0 N–H and O–H groups in total. The standard InChI is InChI=1S/C17H18O2/c1-10-9-14(18)16(19)15-11(10)6-7-13-12(15)5-4-8-17(13,2)3/h6-7,9H,4-5,8H2,1-3H3. The first-order valence-electron chi connectivity index (χ1n) is 6.85. The second-order valence-corrected chi connectivity index (χ2v) is 6.27. The minimum absolute atomic E-state index is 0.0982. The number of rotatable bonds is 0. The maximum absolute atomic E-state index is 12.3. The molecule has 0 atom stereocenters. The summed E-state index contributed by atoms with van der Waals surface area (Å²) in [6, 6.07) is 4.16. The van der Waals surface area contributed by atoms with Gasteiger partial charge in [-0.25, -0.2) is 0 Å². The molecule has 1 aromatic carbocycles. The molecule has 1 aromatic rings. The summed E-state index contributed by atoms with van der Waals surface area (Å²) in [5, 5.41) is 0. The fraction of sp³-hybridized carbons (Fsp3) is 0.412. The summed E-state index contributed by atoms with van der Waals surface area (Å²) in [6.07, 6.45) is 4.59. The normalized spacial score (nSPS) is 20.7. The quantitative estimate of drug-likeness (QED) is 0.664. The van der Waals surface area contributed by atoms with Crippen LogP contribution in [0, 0.1) is 0 Å². The van der Waals surface area contributed by atoms with Gasteiger partial charge < -0.3 is 0 Å². The van der Waals surface area contributed by atoms with E-state index in [0.29, 0.717) is 5.56 Å². The van der Waals surface area contributed by atoms with E-state index in [2.05, 4.69) is 19.9 Å². The molecule has 0 saturated heterocycles. The van der Waals surface area contributed by atoms with Crippen molar-refractivity contribution in [3.8, 4) is 0 Å². The average molecular weight is 254 g/mol. The number of fused-ring (bicyclic) bond motifs is 3. The van der Waals surface area contributed by atoms with Gasteiger partial charge in [-0.2, -0.15) is 0 Å². The Bertz CT molecular complexity index is 633. The van der Waals surface area contributed by atoms with Crippen LogP contribution in [-0.2, 0) is 16.6 Å². The maximum atomic E-state index is 12.3. The lowest BCUT2D eigenvalue weighted by Gasteiger charge is -2.34. The van der Waals surface area contributed by atoms with E-state index in [-0.39, 0.29) is 17.0 Å². The zero-order chi connectivity index (χ0) is 13.8. The molecule has 2 heteroatoms. The predicted molar refractivity (Wildman–Crippen MR) is 75.4 cm³/mol. The zero-order valence-electron chi connectivity index (χ0n) is 11.7. The van der Waals surface area contributed by atoms with Gasteiger partial charge in [0.05, 0.1) is 0 Å². The van der Waals surface area contributed by atoms with Gasteiger partial charge in [0, 0.05) is 5.56 Å². The van der Waals surface area contributed by atoms with Crippen molar-refractivity contribution in [3.05, 3.63) is 40.5 Å². The van der Waals surface area contributed by atoms with Gasteiger partial charge in [0.15, 0.2) is 0 Å². The Morgan fingerprint density at radius 2 is 1.89 bits per heavy atom. The van der Waals surface area contributed by atoms with E-state index in [0.717, 1.165) is 36.0 Å². The van der Waals surface area contributed by atoms with Crippen molar-refractivity contribution in [2.75, 3.05) is 0 Å². The monoisotopic (exact) mass is 254 g/mol. The van der Waals surface area contributed by atoms with Crippen molar-refractivity contribution in [1.82, 2.24) is 0 Å². The molecule has 2 aliphatic rings. The number of hydrogen-bond donors (Lipinski definition) is 0. The minimum Gasteiger partial charge on any atom is -0.286 e. The van der Waals surface area contributed by atoms with Gasteiger partial charge >= 0.3 is 0 Å². The summed E-state index contributed by atoms with van der Waals surface area (Å²) in [5.74, 6) is -0.697. The summed E-state index contributed by atoms with van der Waals surface area (Å²) in [4.78, 5) is 24.0. The molecule has 0 radical (unpaired) electrons. The van der Waals surface area contributed by atoms with Crippen LogP contribution < -0.4 is 0 Å². The minimum atomic E-state index is -0.373. The van der Waals surface area contributed by atoms with Crippen LogP contribution in [-0.4, -0.2) is 11.6 Å². The molecule has 2 nitrogen and oxygen atoms in total. The molecule has 0 fully saturated rings. The van der Waals surface area contributed by atoms with Gasteiger partial charge in [0.25, 0.3) is 0 Å². The molecule has 19 heavy (non-hydrogen) atoms. The van der Waals surface area contributed by atoms with Crippen LogP contribution in [0.5, 0.6) is 0 Å². The summed E-state index contributed by atoms with van der Waals surface area (Å²) >= 11 is 0. The SMILES string of the molecule is CC1=CC(=O)C(=O)c2c1ccc1c2CCCC1(C)C. The van der Waals surface area contributed by atoms with Crippen molar-refractivity contribution in [2.24, 2.45) is 0 Å². The molecular formula is C17H18O2. The lowest BCUT2D eigenvalue weighted by molar-refractivity contribution is -0.111. The molecule has 0 aliphatic heterocycles. The zero-order valence-corrected chi connectivity index (χ0v) is 11.7. The van der Waals surface area contributed by atoms with Crippen LogP contribution in [0.3, 0.4) is 0 Å². The van der Waals surface area contributed by atoms with Gasteiger partial charge in [0.1, 0.15) is 0 Å². The highest BCUT2D eigenvalue weighted by Gasteiger charge is 2.34. The van der Waals surface area contributed by atoms with E-state index in [4.69, 9.17) is 0 Å². The fourth-order valence-electron chi connectivity index (χ4n) is 3.43. The molecule has 0 heterocycles. The highest BCUT2D eigenvalue weighted by molar-refractivity contribution is 6.50. The lowest BCUT2D eigenvalue weighted by atomic mass is 9.69. The Hall–Kier alpha value is -1.70. The van der Waals surface area contributed by atoms with Gasteiger partial charge in [0.2, 0.25) is 11.6 Å². The molecule has 0 bridgehead atoms. The van der Waals surface area contributed by atoms with Crippen LogP contribution in [0.2, 0.25) is 0 Å². The van der Waals surface area contributed by atoms with Gasteiger partial charge in [-0.05, 0) is 59.9 Å². The average Bonchev–Trinajstić information content (AvgIpc) is 2.34. The molecular weight excluding hydrogens is 236 g/mol. The molecule has 98 valence electrons. The van der Waals surface area contributed by atoms with E-state index in [1.807, 2.05) is 13.0 Å². The third-order valence-corrected chi connectivity index (χ3v) is 4.49. The molecule has 0 saturated carbocycles. The Morgan fingerprint density at radius 1 is 1.16 bits per heavy atom. The molecule has 3 rings (SSSR count). The van der Waals surface area contributed by atoms with E-state index in [1.165, 1.54) is 11.6 Å². The maximum Gasteiger partial charge on any atom is 0.233 e. The Morgan fingerprint density at radius 3 is 2.63 bits per heavy atom. The summed E-state index contributed by atoms with van der Waals surface area (Å²) in [6.45, 7) is 6.34. The number of carbonyl (C=O) groups excluding carboxylic acids is 2. The van der Waals surface area contributed by atoms with E-state index in [9.17, 15) is 9.59 Å². The number of benzene rings is 1. The highest BCUT2D eigenvalue weighted by Crippen LogP contribution is 2.41. The summed E-state index contributed by atoms with van der Waals surface area (Å²) in [7, 11) is 0. The number of allylic oxidation sites excluding steroid dienone is 2. The van der Waals surface area contributed by atoms with Gasteiger partial charge in [-0.3, -0.25) is 9.59 Å². The van der Waals surface area contributed by atoms with Crippen LogP contribution in [0.4, 0.5) is 0 Å². The fourth-order valence-corrected chi connectivity index (χ4v) is 3.43. The highest BCUT2D eigenvalue weighted by atomic mass is 16.2. The van der Waals surface area contributed by atoms with Crippen LogP contribution >= 0.6 is 0 Å². The number of carbonyl (C=O) groups is 2. The smallest absolute Gasteiger partial charge is 0.233 e. The first kappa shape index (κ1) is 12.3. The number of hydrogen-bond acceptors (Lipinski definition) is 2. The number of ketones is 2. The largest absolute Gasteiger partial charge is 0.286 e. The Kier molecular flexibility index (Phi) is 2.53. The first-order chi connectivity index (χ1) is 8.92. The lowest BCUT2D eigenvalue weighted by Crippen LogP contribution is -2.28. The van der Waals surface area contributed by atoms with Crippen LogP contribution in [0.15, 0.2) is 18.2 Å².